The van der Waals surface area contributed by atoms with Crippen LogP contribution in [0.25, 0.3) is 0 Å². The second-order valence-corrected chi connectivity index (χ2v) is 8.81. The number of nitrogens with zero attached hydrogens (tertiary/aromatic N) is 1. The number of aliphatic hydroxyl groups is 1. The Kier molecular flexibility index (Phi) is 5.30. The molecule has 0 saturated heterocycles. The predicted octanol–water partition coefficient (Wildman–Crippen LogP) is 5.10. The Hall–Kier alpha value is -3.49. The maximum atomic E-state index is 14.0. The van der Waals surface area contributed by atoms with Gasteiger partial charge in [0.1, 0.15) is 17.2 Å². The van der Waals surface area contributed by atoms with E-state index in [1.165, 1.54) is 41.3 Å². The van der Waals surface area contributed by atoms with Crippen molar-refractivity contribution in [3.8, 4) is 0 Å². The molecule has 34 heavy (non-hydrogen) atoms. The van der Waals surface area contributed by atoms with E-state index in [-0.39, 0.29) is 23.9 Å². The Morgan fingerprint density at radius 2 is 1.94 bits per heavy atom. The summed E-state index contributed by atoms with van der Waals surface area (Å²) >= 11 is 6.30. The number of β-amino-alcohol motifs (C(OH)–C–C–N with tert-alkyl or cyclic N) is 1. The number of nitrogens with one attached hydrogen (secondary N) is 2. The van der Waals surface area contributed by atoms with Crippen LogP contribution in [0.5, 0.6) is 0 Å². The number of benzene rings is 3. The van der Waals surface area contributed by atoms with Crippen molar-refractivity contribution < 1.29 is 23.5 Å². The summed E-state index contributed by atoms with van der Waals surface area (Å²) in [6.07, 6.45) is 0.284. The lowest BCUT2D eigenvalue weighted by molar-refractivity contribution is 0.0503. The van der Waals surface area contributed by atoms with Gasteiger partial charge in [-0.1, -0.05) is 24.6 Å². The van der Waals surface area contributed by atoms with Crippen LogP contribution in [0.1, 0.15) is 46.4 Å². The van der Waals surface area contributed by atoms with Crippen LogP contribution >= 0.6 is 11.6 Å². The normalized spacial score (nSPS) is 20.7. The van der Waals surface area contributed by atoms with Crippen molar-refractivity contribution in [2.45, 2.75) is 25.0 Å². The SMILES string of the molecule is CC[C@@]1(O)CN(C(=O)Nc2cccc3c2[C@@H](c2cc(F)ccc2Cl)NC3=O)c2ccc(F)cc21. The van der Waals surface area contributed by atoms with Crippen molar-refractivity contribution in [3.63, 3.8) is 0 Å². The topological polar surface area (TPSA) is 81.7 Å². The van der Waals surface area contributed by atoms with Gasteiger partial charge >= 0.3 is 6.03 Å². The quantitative estimate of drug-likeness (QED) is 0.484. The molecule has 3 aromatic rings. The average molecular weight is 484 g/mol. The smallest absolute Gasteiger partial charge is 0.326 e. The molecule has 0 unspecified atom stereocenters. The van der Waals surface area contributed by atoms with Gasteiger partial charge in [0.05, 0.1) is 18.3 Å². The second-order valence-electron chi connectivity index (χ2n) is 8.40. The molecular weight excluding hydrogens is 464 g/mol. The Morgan fingerprint density at radius 1 is 1.21 bits per heavy atom. The largest absolute Gasteiger partial charge is 0.383 e. The minimum atomic E-state index is -1.39. The first-order valence-electron chi connectivity index (χ1n) is 10.7. The zero-order valence-corrected chi connectivity index (χ0v) is 18.8. The molecule has 6 nitrogen and oxygen atoms in total. The van der Waals surface area contributed by atoms with Gasteiger partial charge in [-0.25, -0.2) is 13.6 Å². The number of rotatable bonds is 3. The summed E-state index contributed by atoms with van der Waals surface area (Å²) in [5.41, 5.74) is 0.830. The number of fused-ring (bicyclic) bond motifs is 2. The number of carbonyl (C=O) groups is 2. The molecule has 0 aliphatic carbocycles. The second kappa shape index (κ2) is 8.07. The van der Waals surface area contributed by atoms with Gasteiger partial charge in [0.25, 0.3) is 5.91 Å². The number of amides is 3. The molecule has 0 aromatic heterocycles. The average Bonchev–Trinajstić information content (AvgIpc) is 3.31. The van der Waals surface area contributed by atoms with E-state index in [0.717, 1.165) is 0 Å². The maximum Gasteiger partial charge on any atom is 0.326 e. The van der Waals surface area contributed by atoms with Crippen molar-refractivity contribution in [2.24, 2.45) is 0 Å². The van der Waals surface area contributed by atoms with Gasteiger partial charge in [0.2, 0.25) is 0 Å². The van der Waals surface area contributed by atoms with E-state index in [1.54, 1.807) is 25.1 Å². The van der Waals surface area contributed by atoms with Gasteiger partial charge in [-0.15, -0.1) is 0 Å². The van der Waals surface area contributed by atoms with Crippen LogP contribution in [0.15, 0.2) is 54.6 Å². The highest BCUT2D eigenvalue weighted by molar-refractivity contribution is 6.31. The Morgan fingerprint density at radius 3 is 2.71 bits per heavy atom. The minimum absolute atomic E-state index is 0.0561. The number of halogens is 3. The fourth-order valence-electron chi connectivity index (χ4n) is 4.65. The minimum Gasteiger partial charge on any atom is -0.383 e. The van der Waals surface area contributed by atoms with Gasteiger partial charge in [-0.2, -0.15) is 0 Å². The number of carbonyl (C=O) groups excluding carboxylic acids is 2. The van der Waals surface area contributed by atoms with E-state index in [0.29, 0.717) is 33.6 Å². The number of hydrogen-bond donors (Lipinski definition) is 3. The Bertz CT molecular complexity index is 1350. The molecule has 0 saturated carbocycles. The molecule has 3 amide bonds. The van der Waals surface area contributed by atoms with Crippen LogP contribution in [0.2, 0.25) is 5.02 Å². The van der Waals surface area contributed by atoms with Gasteiger partial charge in [-0.05, 0) is 55.0 Å². The molecule has 0 spiro atoms. The number of hydrogen-bond acceptors (Lipinski definition) is 3. The van der Waals surface area contributed by atoms with E-state index < -0.39 is 29.3 Å². The standard InChI is InChI=1S/C25H20ClF2N3O3/c1-2-25(34)12-31(20-9-7-14(28)11-17(20)25)24(33)29-19-5-3-4-15-21(19)22(30-23(15)32)16-10-13(27)6-8-18(16)26/h3-11,22,34H,2,12H2,1H3,(H,29,33)(H,30,32)/t22-,25-/m1/s1. The van der Waals surface area contributed by atoms with Gasteiger partial charge < -0.3 is 15.7 Å². The fraction of sp³-hybridized carbons (Fsp3) is 0.200. The van der Waals surface area contributed by atoms with Crippen LogP contribution in [0, 0.1) is 11.6 Å². The summed E-state index contributed by atoms with van der Waals surface area (Å²) in [5.74, 6) is -1.39. The molecule has 3 aromatic carbocycles. The predicted molar refractivity (Wildman–Crippen MR) is 124 cm³/mol. The first-order chi connectivity index (χ1) is 16.2. The molecule has 0 bridgehead atoms. The first kappa shape index (κ1) is 22.3. The van der Waals surface area contributed by atoms with E-state index in [4.69, 9.17) is 11.6 Å². The van der Waals surface area contributed by atoms with Gasteiger partial charge in [0.15, 0.2) is 0 Å². The lowest BCUT2D eigenvalue weighted by Crippen LogP contribution is -2.39. The van der Waals surface area contributed by atoms with Crippen LogP contribution < -0.4 is 15.5 Å². The number of anilines is 2. The van der Waals surface area contributed by atoms with E-state index in [1.807, 2.05) is 0 Å². The lowest BCUT2D eigenvalue weighted by Gasteiger charge is -2.24. The highest BCUT2D eigenvalue weighted by Crippen LogP contribution is 2.43. The molecule has 2 atom stereocenters. The van der Waals surface area contributed by atoms with Crippen molar-refractivity contribution in [1.29, 1.82) is 0 Å². The zero-order chi connectivity index (χ0) is 24.2. The summed E-state index contributed by atoms with van der Waals surface area (Å²) in [5, 5.41) is 16.9. The third kappa shape index (κ3) is 3.50. The van der Waals surface area contributed by atoms with Crippen molar-refractivity contribution >= 4 is 34.9 Å². The Balaban J connectivity index is 1.53. The van der Waals surface area contributed by atoms with Crippen LogP contribution in [-0.4, -0.2) is 23.6 Å². The van der Waals surface area contributed by atoms with Crippen molar-refractivity contribution in [2.75, 3.05) is 16.8 Å². The third-order valence-corrected chi connectivity index (χ3v) is 6.77. The summed E-state index contributed by atoms with van der Waals surface area (Å²) in [6, 6.07) is 11.3. The summed E-state index contributed by atoms with van der Waals surface area (Å²) < 4.78 is 27.8. The molecule has 3 N–H and O–H groups in total. The van der Waals surface area contributed by atoms with Gasteiger partial charge in [0, 0.05) is 33.0 Å². The molecule has 5 rings (SSSR count). The maximum absolute atomic E-state index is 14.0. The molecular formula is C25H20ClF2N3O3. The first-order valence-corrected chi connectivity index (χ1v) is 11.1. The van der Waals surface area contributed by atoms with Crippen LogP contribution in [-0.2, 0) is 5.60 Å². The third-order valence-electron chi connectivity index (χ3n) is 6.43. The van der Waals surface area contributed by atoms with Gasteiger partial charge in [-0.3, -0.25) is 9.69 Å². The summed E-state index contributed by atoms with van der Waals surface area (Å²) in [7, 11) is 0. The highest BCUT2D eigenvalue weighted by atomic mass is 35.5. The van der Waals surface area contributed by atoms with Crippen molar-refractivity contribution in [3.05, 3.63) is 93.5 Å². The monoisotopic (exact) mass is 483 g/mol. The van der Waals surface area contributed by atoms with E-state index in [9.17, 15) is 23.5 Å². The Labute approximate surface area is 199 Å². The highest BCUT2D eigenvalue weighted by Gasteiger charge is 2.43. The summed E-state index contributed by atoms with van der Waals surface area (Å²) in [6.45, 7) is 1.70. The molecule has 2 aliphatic rings. The number of urea groups is 1. The summed E-state index contributed by atoms with van der Waals surface area (Å²) in [4.78, 5) is 27.3. The fourth-order valence-corrected chi connectivity index (χ4v) is 4.87. The molecule has 0 radical (unpaired) electrons. The molecule has 2 aliphatic heterocycles. The van der Waals surface area contributed by atoms with Crippen molar-refractivity contribution in [1.82, 2.24) is 5.32 Å². The zero-order valence-electron chi connectivity index (χ0n) is 18.0. The van der Waals surface area contributed by atoms with E-state index >= 15 is 0 Å². The van der Waals surface area contributed by atoms with Crippen LogP contribution in [0.4, 0.5) is 25.0 Å². The molecule has 9 heteroatoms. The molecule has 2 heterocycles. The molecule has 174 valence electrons. The van der Waals surface area contributed by atoms with E-state index in [2.05, 4.69) is 10.6 Å². The lowest BCUT2D eigenvalue weighted by atomic mass is 9.93. The van der Waals surface area contributed by atoms with Crippen LogP contribution in [0.3, 0.4) is 0 Å². The molecule has 0 fully saturated rings.